The van der Waals surface area contributed by atoms with E-state index in [0.29, 0.717) is 6.54 Å². The molecule has 2 N–H and O–H groups in total. The van der Waals surface area contributed by atoms with Crippen molar-refractivity contribution in [1.29, 1.82) is 0 Å². The molecule has 0 saturated heterocycles. The molecule has 0 aliphatic heterocycles. The average molecular weight is 282 g/mol. The summed E-state index contributed by atoms with van der Waals surface area (Å²) < 4.78 is 7.12. The van der Waals surface area contributed by atoms with E-state index in [1.807, 2.05) is 13.2 Å². The number of hydrogen-bond donors (Lipinski definition) is 2. The van der Waals surface area contributed by atoms with Gasteiger partial charge >= 0.3 is 0 Å². The number of carbonyl (C=O) groups is 1. The first kappa shape index (κ1) is 16.7. The van der Waals surface area contributed by atoms with Crippen LogP contribution in [0, 0.1) is 5.41 Å². The second-order valence-corrected chi connectivity index (χ2v) is 6.00. The van der Waals surface area contributed by atoms with Gasteiger partial charge in [0.15, 0.2) is 0 Å². The van der Waals surface area contributed by atoms with Crippen molar-refractivity contribution in [2.24, 2.45) is 12.5 Å². The first-order valence-electron chi connectivity index (χ1n) is 6.76. The molecule has 0 bridgehead atoms. The summed E-state index contributed by atoms with van der Waals surface area (Å²) in [5.74, 6) is -0.0770. The molecule has 114 valence electrons. The number of hydrogen-bond acceptors (Lipinski definition) is 4. The third-order valence-corrected chi connectivity index (χ3v) is 3.32. The zero-order valence-electron chi connectivity index (χ0n) is 13.2. The molecule has 0 aliphatic rings. The maximum atomic E-state index is 12.3. The molecule has 0 aromatic carbocycles. The first-order chi connectivity index (χ1) is 9.29. The lowest BCUT2D eigenvalue weighted by atomic mass is 9.89. The van der Waals surface area contributed by atoms with Crippen LogP contribution in [0.3, 0.4) is 0 Å². The predicted molar refractivity (Wildman–Crippen MR) is 78.3 cm³/mol. The fraction of sp³-hybridized carbons (Fsp3) is 0.714. The lowest BCUT2D eigenvalue weighted by Crippen LogP contribution is -2.44. The molecular weight excluding hydrogens is 256 g/mol. The Morgan fingerprint density at radius 2 is 2.15 bits per heavy atom. The Morgan fingerprint density at radius 3 is 2.55 bits per heavy atom. The van der Waals surface area contributed by atoms with E-state index in [1.54, 1.807) is 25.0 Å². The normalized spacial score (nSPS) is 14.9. The van der Waals surface area contributed by atoms with Gasteiger partial charge in [-0.1, -0.05) is 20.8 Å². The Kier molecular flexibility index (Phi) is 5.71. The second kappa shape index (κ2) is 6.85. The second-order valence-electron chi connectivity index (χ2n) is 6.00. The van der Waals surface area contributed by atoms with E-state index in [-0.39, 0.29) is 17.4 Å². The topological polar surface area (TPSA) is 68.2 Å². The number of rotatable bonds is 6. The van der Waals surface area contributed by atoms with Gasteiger partial charge in [-0.05, 0) is 12.5 Å². The molecule has 6 nitrogen and oxygen atoms in total. The van der Waals surface area contributed by atoms with Crippen LogP contribution in [0.2, 0.25) is 0 Å². The van der Waals surface area contributed by atoms with E-state index in [4.69, 9.17) is 4.74 Å². The van der Waals surface area contributed by atoms with Crippen LogP contribution in [0.25, 0.3) is 0 Å². The molecule has 6 heteroatoms. The lowest BCUT2D eigenvalue weighted by molar-refractivity contribution is -0.124. The molecule has 1 aromatic rings. The van der Waals surface area contributed by atoms with Crippen molar-refractivity contribution < 1.29 is 9.53 Å². The molecule has 0 spiro atoms. The van der Waals surface area contributed by atoms with Gasteiger partial charge in [0, 0.05) is 32.5 Å². The number of ether oxygens (including phenoxy) is 1. The first-order valence-corrected chi connectivity index (χ1v) is 6.76. The van der Waals surface area contributed by atoms with Gasteiger partial charge in [0.2, 0.25) is 5.91 Å². The summed E-state index contributed by atoms with van der Waals surface area (Å²) in [5, 5.41) is 10.0. The summed E-state index contributed by atoms with van der Waals surface area (Å²) in [6.07, 6.45) is 3.49. The van der Waals surface area contributed by atoms with Gasteiger partial charge in [-0.25, -0.2) is 0 Å². The minimum Gasteiger partial charge on any atom is -0.379 e. The maximum Gasteiger partial charge on any atom is 0.241 e. The standard InChI is InChI=1S/C14H26N4O2/c1-14(2,3)11(20-6)8-16-13(19)12(15-4)10-7-17-18(5)9-10/h7,9,11-12,15H,8H2,1-6H3,(H,16,19). The summed E-state index contributed by atoms with van der Waals surface area (Å²) in [6.45, 7) is 6.75. The fourth-order valence-corrected chi connectivity index (χ4v) is 2.08. The summed E-state index contributed by atoms with van der Waals surface area (Å²) in [6, 6.07) is -0.402. The largest absolute Gasteiger partial charge is 0.379 e. The molecular formula is C14H26N4O2. The van der Waals surface area contributed by atoms with E-state index in [2.05, 4.69) is 36.5 Å². The molecule has 2 atom stereocenters. The highest BCUT2D eigenvalue weighted by Crippen LogP contribution is 2.21. The monoisotopic (exact) mass is 282 g/mol. The third-order valence-electron chi connectivity index (χ3n) is 3.32. The molecule has 0 saturated carbocycles. The molecule has 2 unspecified atom stereocenters. The summed E-state index contributed by atoms with van der Waals surface area (Å²) in [5.41, 5.74) is 0.822. The predicted octanol–water partition coefficient (Wildman–Crippen LogP) is 0.858. The van der Waals surface area contributed by atoms with Crippen LogP contribution in [0.4, 0.5) is 0 Å². The van der Waals surface area contributed by atoms with Crippen LogP contribution in [-0.4, -0.2) is 42.5 Å². The molecule has 20 heavy (non-hydrogen) atoms. The lowest BCUT2D eigenvalue weighted by Gasteiger charge is -2.30. The Morgan fingerprint density at radius 1 is 1.50 bits per heavy atom. The SMILES string of the molecule is CNC(C(=O)NCC(OC)C(C)(C)C)c1cnn(C)c1. The van der Waals surface area contributed by atoms with Gasteiger partial charge in [0.05, 0.1) is 12.3 Å². The Balaban J connectivity index is 2.65. The van der Waals surface area contributed by atoms with Crippen molar-refractivity contribution in [3.63, 3.8) is 0 Å². The fourth-order valence-electron chi connectivity index (χ4n) is 2.08. The quantitative estimate of drug-likeness (QED) is 0.812. The number of carbonyl (C=O) groups excluding carboxylic acids is 1. The Hall–Kier alpha value is -1.40. The molecule has 1 amide bonds. The van der Waals surface area contributed by atoms with Crippen molar-refractivity contribution in [2.45, 2.75) is 32.9 Å². The highest BCUT2D eigenvalue weighted by molar-refractivity contribution is 5.83. The Bertz CT molecular complexity index is 437. The van der Waals surface area contributed by atoms with E-state index < -0.39 is 6.04 Å². The molecule has 0 fully saturated rings. The number of likely N-dealkylation sites (N-methyl/N-ethyl adjacent to an activating group) is 1. The minimum absolute atomic E-state index is 0.0223. The van der Waals surface area contributed by atoms with Gasteiger partial charge in [-0.2, -0.15) is 5.10 Å². The summed E-state index contributed by atoms with van der Waals surface area (Å²) >= 11 is 0. The minimum atomic E-state index is -0.402. The number of aromatic nitrogens is 2. The summed E-state index contributed by atoms with van der Waals surface area (Å²) in [7, 11) is 5.25. The summed E-state index contributed by atoms with van der Waals surface area (Å²) in [4.78, 5) is 12.3. The number of amides is 1. The molecule has 0 radical (unpaired) electrons. The van der Waals surface area contributed by atoms with Crippen molar-refractivity contribution in [2.75, 3.05) is 20.7 Å². The molecule has 1 rings (SSSR count). The number of nitrogens with zero attached hydrogens (tertiary/aromatic N) is 2. The van der Waals surface area contributed by atoms with Gasteiger partial charge in [-0.3, -0.25) is 9.48 Å². The van der Waals surface area contributed by atoms with Crippen LogP contribution in [0.5, 0.6) is 0 Å². The van der Waals surface area contributed by atoms with E-state index in [9.17, 15) is 4.79 Å². The molecule has 0 aliphatic carbocycles. The smallest absolute Gasteiger partial charge is 0.241 e. The number of methoxy groups -OCH3 is 1. The van der Waals surface area contributed by atoms with Crippen molar-refractivity contribution >= 4 is 5.91 Å². The van der Waals surface area contributed by atoms with Gasteiger partial charge < -0.3 is 15.4 Å². The third kappa shape index (κ3) is 4.31. The highest BCUT2D eigenvalue weighted by atomic mass is 16.5. The zero-order valence-corrected chi connectivity index (χ0v) is 13.2. The van der Waals surface area contributed by atoms with Crippen LogP contribution in [0.1, 0.15) is 32.4 Å². The van der Waals surface area contributed by atoms with E-state index in [0.717, 1.165) is 5.56 Å². The highest BCUT2D eigenvalue weighted by Gasteiger charge is 2.26. The van der Waals surface area contributed by atoms with Gasteiger partial charge in [0.1, 0.15) is 6.04 Å². The van der Waals surface area contributed by atoms with Crippen molar-refractivity contribution in [1.82, 2.24) is 20.4 Å². The van der Waals surface area contributed by atoms with Gasteiger partial charge in [0.25, 0.3) is 0 Å². The average Bonchev–Trinajstić information content (AvgIpc) is 2.75. The number of aryl methyl sites for hydroxylation is 1. The molecule has 1 heterocycles. The number of nitrogens with one attached hydrogen (secondary N) is 2. The Labute approximate surface area is 120 Å². The van der Waals surface area contributed by atoms with Crippen LogP contribution < -0.4 is 10.6 Å². The zero-order chi connectivity index (χ0) is 15.3. The maximum absolute atomic E-state index is 12.3. The van der Waals surface area contributed by atoms with E-state index in [1.165, 1.54) is 0 Å². The van der Waals surface area contributed by atoms with Crippen molar-refractivity contribution in [3.8, 4) is 0 Å². The molecule has 1 aromatic heterocycles. The van der Waals surface area contributed by atoms with E-state index >= 15 is 0 Å². The van der Waals surface area contributed by atoms with Gasteiger partial charge in [-0.15, -0.1) is 0 Å². The van der Waals surface area contributed by atoms with Crippen LogP contribution >= 0.6 is 0 Å². The van der Waals surface area contributed by atoms with Crippen LogP contribution in [0.15, 0.2) is 12.4 Å². The van der Waals surface area contributed by atoms with Crippen molar-refractivity contribution in [3.05, 3.63) is 18.0 Å². The van der Waals surface area contributed by atoms with Crippen LogP contribution in [-0.2, 0) is 16.6 Å².